The quantitative estimate of drug-likeness (QED) is 0.162. The van der Waals surface area contributed by atoms with E-state index in [1.54, 1.807) is 0 Å². The number of anilines is 6. The fourth-order valence-electron chi connectivity index (χ4n) is 16.0. The Labute approximate surface area is 481 Å². The zero-order valence-corrected chi connectivity index (χ0v) is 48.1. The van der Waals surface area contributed by atoms with E-state index in [0.29, 0.717) is 11.8 Å². The van der Waals surface area contributed by atoms with E-state index in [9.17, 15) is 0 Å². The summed E-state index contributed by atoms with van der Waals surface area (Å²) in [5.41, 5.74) is 34.7. The fraction of sp³-hybridized carbons (Fsp3) is 0.169. The topological polar surface area (TPSA) is 6.48 Å². The van der Waals surface area contributed by atoms with E-state index in [1.807, 2.05) is 0 Å². The number of hydrogen-bond acceptors (Lipinski definition) is 3. The molecule has 0 atom stereocenters. The number of thiophene rings is 1. The largest absolute Gasteiger partial charge is 0.311 e. The van der Waals surface area contributed by atoms with Crippen LogP contribution in [0.1, 0.15) is 126 Å². The van der Waals surface area contributed by atoms with Gasteiger partial charge in [0.2, 0.25) is 0 Å². The lowest BCUT2D eigenvalue weighted by Gasteiger charge is -2.44. The second-order valence-corrected chi connectivity index (χ2v) is 26.6. The van der Waals surface area contributed by atoms with Gasteiger partial charge in [-0.2, -0.15) is 0 Å². The van der Waals surface area contributed by atoms with E-state index in [1.165, 1.54) is 160 Å². The van der Waals surface area contributed by atoms with E-state index in [4.69, 9.17) is 0 Å². The number of nitrogens with zero attached hydrogens (tertiary/aromatic N) is 2. The molecule has 1 aromatic heterocycles. The monoisotopic (exact) mass is 1060 g/mol. The van der Waals surface area contributed by atoms with E-state index in [2.05, 4.69) is 289 Å². The molecule has 3 heterocycles. The van der Waals surface area contributed by atoms with E-state index in [-0.39, 0.29) is 12.1 Å². The van der Waals surface area contributed by atoms with Crippen LogP contribution in [-0.2, 0) is 16.2 Å². The Bertz CT molecular complexity index is 4450. The van der Waals surface area contributed by atoms with Gasteiger partial charge in [-0.25, -0.2) is 0 Å². The van der Waals surface area contributed by atoms with Crippen molar-refractivity contribution in [1.29, 1.82) is 0 Å². The highest BCUT2D eigenvalue weighted by Crippen LogP contribution is 2.68. The summed E-state index contributed by atoms with van der Waals surface area (Å²) in [7, 11) is 0. The summed E-state index contributed by atoms with van der Waals surface area (Å²) in [6, 6.07) is 83.5. The summed E-state index contributed by atoms with van der Waals surface area (Å²) in [4.78, 5) is 6.80. The van der Waals surface area contributed by atoms with Crippen LogP contribution >= 0.6 is 11.3 Å². The lowest BCUT2D eigenvalue weighted by molar-refractivity contribution is 0.588. The maximum absolute atomic E-state index is 2.71. The van der Waals surface area contributed by atoms with E-state index >= 15 is 0 Å². The zero-order valence-electron chi connectivity index (χ0n) is 47.2. The molecule has 10 aromatic carbocycles. The summed E-state index contributed by atoms with van der Waals surface area (Å²) >= 11 is 2.09. The molecule has 0 N–H and O–H groups in total. The summed E-state index contributed by atoms with van der Waals surface area (Å²) in [5.74, 6) is 0.822. The maximum atomic E-state index is 2.71. The van der Waals surface area contributed by atoms with Crippen molar-refractivity contribution in [3.8, 4) is 44.5 Å². The highest BCUT2D eigenvalue weighted by Gasteiger charge is 2.58. The molecule has 2 spiro atoms. The van der Waals surface area contributed by atoms with Gasteiger partial charge >= 0.3 is 0 Å². The van der Waals surface area contributed by atoms with E-state index < -0.39 is 10.8 Å². The minimum Gasteiger partial charge on any atom is -0.311 e. The molecule has 0 bridgehead atoms. The van der Waals surface area contributed by atoms with Crippen LogP contribution in [-0.4, -0.2) is 6.71 Å². The van der Waals surface area contributed by atoms with Gasteiger partial charge in [0, 0.05) is 43.7 Å². The van der Waals surface area contributed by atoms with Gasteiger partial charge in [-0.3, -0.25) is 0 Å². The molecule has 0 saturated carbocycles. The molecule has 0 radical (unpaired) electrons. The van der Waals surface area contributed by atoms with Gasteiger partial charge < -0.3 is 9.80 Å². The number of hydrogen-bond donors (Lipinski definition) is 0. The van der Waals surface area contributed by atoms with Crippen molar-refractivity contribution in [3.63, 3.8) is 0 Å². The summed E-state index contributed by atoms with van der Waals surface area (Å²) in [6.45, 7) is 18.6. The minimum absolute atomic E-state index is 0.0483. The number of aryl methyl sites for hydroxylation is 1. The predicted octanol–water partition coefficient (Wildman–Crippen LogP) is 18.4. The normalized spacial score (nSPS) is 15.3. The van der Waals surface area contributed by atoms with Gasteiger partial charge in [-0.1, -0.05) is 218 Å². The Morgan fingerprint density at radius 2 is 0.864 bits per heavy atom. The zero-order chi connectivity index (χ0) is 54.6. The molecular formula is C77H61BN2S. The molecule has 0 unspecified atom stereocenters. The standard InChI is InChI=1S/C77H61BN2S/c1-44(2)47-29-34-50(35-30-47)79-67-43-65-58(56-23-13-16-26-61(56)76(65)59-24-14-9-19-52(59)53-20-10-15-25-60(53)76)42-66(67)78-71-68(79)39-46(5)40-69(71)80(51-36-31-48(32-37-51)45(3)4)72-70-57-38-33-49(75(6,7)8)41-64(57)77(73(70)81-74(72)78)62-27-17-11-21-54(62)55-22-12-18-28-63(55)77/h9-45H,1-8H3. The minimum atomic E-state index is -0.520. The van der Waals surface area contributed by atoms with Gasteiger partial charge in [0.15, 0.2) is 0 Å². The first-order valence-corrected chi connectivity index (χ1v) is 30.1. The lowest BCUT2D eigenvalue weighted by atomic mass is 9.36. The Morgan fingerprint density at radius 3 is 1.36 bits per heavy atom. The van der Waals surface area contributed by atoms with Crippen LogP contribution in [0.5, 0.6) is 0 Å². The van der Waals surface area contributed by atoms with Crippen LogP contribution in [0.4, 0.5) is 34.1 Å². The van der Waals surface area contributed by atoms with Gasteiger partial charge in [0.25, 0.3) is 6.71 Å². The Balaban J connectivity index is 1.03. The third-order valence-corrected chi connectivity index (χ3v) is 21.0. The molecule has 81 heavy (non-hydrogen) atoms. The van der Waals surface area contributed by atoms with Crippen molar-refractivity contribution in [2.45, 2.75) is 83.5 Å². The first-order chi connectivity index (χ1) is 39.4. The third kappa shape index (κ3) is 5.93. The number of fused-ring (bicyclic) bond motifs is 25. The highest BCUT2D eigenvalue weighted by atomic mass is 32.1. The molecule has 388 valence electrons. The number of rotatable bonds is 4. The van der Waals surface area contributed by atoms with Crippen molar-refractivity contribution in [2.24, 2.45) is 0 Å². The second-order valence-electron chi connectivity index (χ2n) is 25.5. The molecule has 0 fully saturated rings. The maximum Gasteiger partial charge on any atom is 0.264 e. The summed E-state index contributed by atoms with van der Waals surface area (Å²) in [6.07, 6.45) is 0. The molecule has 11 aromatic rings. The summed E-state index contributed by atoms with van der Waals surface area (Å²) < 4.78 is 1.41. The third-order valence-electron chi connectivity index (χ3n) is 19.6. The summed E-state index contributed by atoms with van der Waals surface area (Å²) in [5, 5.41) is 0. The first kappa shape index (κ1) is 47.4. The van der Waals surface area contributed by atoms with Gasteiger partial charge in [-0.15, -0.1) is 11.3 Å². The van der Waals surface area contributed by atoms with Gasteiger partial charge in [0.1, 0.15) is 0 Å². The van der Waals surface area contributed by atoms with Crippen molar-refractivity contribution in [2.75, 3.05) is 9.80 Å². The van der Waals surface area contributed by atoms with Crippen molar-refractivity contribution >= 4 is 67.9 Å². The van der Waals surface area contributed by atoms with Crippen molar-refractivity contribution in [1.82, 2.24) is 0 Å². The molecule has 4 aliphatic carbocycles. The molecule has 2 aliphatic heterocycles. The predicted molar refractivity (Wildman–Crippen MR) is 343 cm³/mol. The molecule has 4 heteroatoms. The lowest BCUT2D eigenvalue weighted by Crippen LogP contribution is -2.60. The van der Waals surface area contributed by atoms with Gasteiger partial charge in [0.05, 0.1) is 16.5 Å². The second kappa shape index (κ2) is 16.4. The molecule has 6 aliphatic rings. The Morgan fingerprint density at radius 1 is 0.420 bits per heavy atom. The van der Waals surface area contributed by atoms with Crippen molar-refractivity contribution < 1.29 is 0 Å². The van der Waals surface area contributed by atoms with Crippen LogP contribution in [0.15, 0.2) is 212 Å². The average Bonchev–Trinajstić information content (AvgIpc) is 1.81. The average molecular weight is 1060 g/mol. The Kier molecular flexibility index (Phi) is 9.57. The highest BCUT2D eigenvalue weighted by molar-refractivity contribution is 7.30. The van der Waals surface area contributed by atoms with Crippen LogP contribution < -0.4 is 25.5 Å². The molecular weight excluding hydrogens is 996 g/mol. The molecule has 0 saturated heterocycles. The van der Waals surface area contributed by atoms with Gasteiger partial charge in [-0.05, 0) is 178 Å². The fourth-order valence-corrected chi connectivity index (χ4v) is 17.7. The first-order valence-electron chi connectivity index (χ1n) is 29.3. The Hall–Kier alpha value is -8.44. The molecule has 17 rings (SSSR count). The number of benzene rings is 10. The van der Waals surface area contributed by atoms with Crippen LogP contribution in [0, 0.1) is 6.92 Å². The van der Waals surface area contributed by atoms with Crippen LogP contribution in [0.3, 0.4) is 0 Å². The molecule has 0 amide bonds. The SMILES string of the molecule is Cc1cc2c3c(c1)N(c1ccc(C(C)C)cc1)c1c(sc4c1-c1ccc(C(C)(C)C)cc1C41c4ccccc4-c4ccccc41)B3c1cc3c(cc1N2c1ccc(C(C)C)cc1)C1(c2ccccc2-c2ccccc21)c1ccccc1-3. The van der Waals surface area contributed by atoms with Crippen molar-refractivity contribution in [3.05, 3.63) is 278 Å². The van der Waals surface area contributed by atoms with E-state index in [0.717, 1.165) is 0 Å². The van der Waals surface area contributed by atoms with Crippen LogP contribution in [0.25, 0.3) is 44.5 Å². The van der Waals surface area contributed by atoms with Crippen LogP contribution in [0.2, 0.25) is 0 Å². The smallest absolute Gasteiger partial charge is 0.264 e. The molecule has 2 nitrogen and oxygen atoms in total.